The van der Waals surface area contributed by atoms with Crippen LogP contribution in [0.1, 0.15) is 104 Å². The van der Waals surface area contributed by atoms with Crippen LogP contribution in [-0.2, 0) is 27.4 Å². The SMILES string of the molecule is CC(C)(C)c1ccc([I+]c2ccc(C(C)(C)C)cc2)cc1.CCCCCCCCc1ccc(S(=O)(=O)[O-])cc1. The topological polar surface area (TPSA) is 57.2 Å². The molecule has 0 amide bonds. The smallest absolute Gasteiger partial charge is 0.357 e. The highest BCUT2D eigenvalue weighted by molar-refractivity contribution is 7.85. The summed E-state index contributed by atoms with van der Waals surface area (Å²) < 4.78 is 35.2. The number of benzene rings is 3. The molecule has 39 heavy (non-hydrogen) atoms. The highest BCUT2D eigenvalue weighted by Crippen LogP contribution is 2.22. The third-order valence-electron chi connectivity index (χ3n) is 6.67. The van der Waals surface area contributed by atoms with Gasteiger partial charge in [-0.25, -0.2) is 8.42 Å². The Hall–Kier alpha value is -1.70. The number of unbranched alkanes of at least 4 members (excludes halogenated alkanes) is 5. The van der Waals surface area contributed by atoms with E-state index < -0.39 is 10.1 Å². The summed E-state index contributed by atoms with van der Waals surface area (Å²) in [5.41, 5.74) is 4.41. The third kappa shape index (κ3) is 12.6. The van der Waals surface area contributed by atoms with Crippen molar-refractivity contribution in [1.82, 2.24) is 0 Å². The largest absolute Gasteiger partial charge is 0.744 e. The van der Waals surface area contributed by atoms with Crippen LogP contribution in [0.25, 0.3) is 0 Å². The summed E-state index contributed by atoms with van der Waals surface area (Å²) in [7, 11) is -4.31. The van der Waals surface area contributed by atoms with E-state index in [2.05, 4.69) is 97.0 Å². The fourth-order valence-electron chi connectivity index (χ4n) is 4.08. The first-order chi connectivity index (χ1) is 18.2. The molecule has 0 fully saturated rings. The Morgan fingerprint density at radius 2 is 1.03 bits per heavy atom. The molecule has 3 aromatic rings. The van der Waals surface area contributed by atoms with E-state index in [0.29, 0.717) is 0 Å². The Labute approximate surface area is 248 Å². The van der Waals surface area contributed by atoms with Gasteiger partial charge in [0.2, 0.25) is 0 Å². The molecule has 3 aromatic carbocycles. The van der Waals surface area contributed by atoms with Gasteiger partial charge in [0.25, 0.3) is 0 Å². The predicted octanol–water partition coefficient (Wildman–Crippen LogP) is 5.90. The zero-order chi connectivity index (χ0) is 29.1. The molecule has 0 heterocycles. The number of halogens is 1. The summed E-state index contributed by atoms with van der Waals surface area (Å²) in [6.07, 6.45) is 8.39. The summed E-state index contributed by atoms with van der Waals surface area (Å²) in [5.74, 6) is 0. The van der Waals surface area contributed by atoms with Gasteiger partial charge in [-0.05, 0) is 76.8 Å². The molecule has 0 aromatic heterocycles. The molecular weight excluding hydrogens is 615 g/mol. The first kappa shape index (κ1) is 33.5. The van der Waals surface area contributed by atoms with Crippen LogP contribution in [0.15, 0.2) is 77.7 Å². The molecular formula is C34H47IO3S. The fourth-order valence-corrected chi connectivity index (χ4v) is 6.71. The van der Waals surface area contributed by atoms with E-state index in [-0.39, 0.29) is 36.9 Å². The monoisotopic (exact) mass is 662 g/mol. The summed E-state index contributed by atoms with van der Waals surface area (Å²) >= 11 is -0.0703. The van der Waals surface area contributed by atoms with Gasteiger partial charge in [-0.15, -0.1) is 0 Å². The van der Waals surface area contributed by atoms with Crippen molar-refractivity contribution in [1.29, 1.82) is 0 Å². The minimum atomic E-state index is -4.31. The lowest BCUT2D eigenvalue weighted by atomic mass is 9.87. The summed E-state index contributed by atoms with van der Waals surface area (Å²) in [5, 5.41) is 0. The van der Waals surface area contributed by atoms with Crippen LogP contribution in [0.5, 0.6) is 0 Å². The van der Waals surface area contributed by atoms with Crippen molar-refractivity contribution in [3.8, 4) is 0 Å². The van der Waals surface area contributed by atoms with Crippen molar-refractivity contribution >= 4 is 10.1 Å². The van der Waals surface area contributed by atoms with Gasteiger partial charge in [0.1, 0.15) is 10.1 Å². The van der Waals surface area contributed by atoms with Gasteiger partial charge in [-0.3, -0.25) is 0 Å². The highest BCUT2D eigenvalue weighted by Gasteiger charge is 2.20. The normalized spacial score (nSPS) is 12.1. The van der Waals surface area contributed by atoms with Crippen LogP contribution in [0.3, 0.4) is 0 Å². The predicted molar refractivity (Wildman–Crippen MR) is 159 cm³/mol. The van der Waals surface area contributed by atoms with E-state index >= 15 is 0 Å². The maximum Gasteiger partial charge on any atom is 0.357 e. The van der Waals surface area contributed by atoms with Gasteiger partial charge < -0.3 is 4.55 Å². The molecule has 0 aliphatic carbocycles. The second-order valence-corrected chi connectivity index (χ2v) is 16.6. The van der Waals surface area contributed by atoms with Crippen LogP contribution in [-0.4, -0.2) is 13.0 Å². The van der Waals surface area contributed by atoms with Gasteiger partial charge in [0.15, 0.2) is 7.14 Å². The molecule has 0 saturated carbocycles. The van der Waals surface area contributed by atoms with E-state index in [1.165, 1.54) is 62.5 Å². The Morgan fingerprint density at radius 3 is 1.41 bits per heavy atom. The first-order valence-corrected chi connectivity index (χ1v) is 17.7. The number of hydrogen-bond donors (Lipinski definition) is 0. The van der Waals surface area contributed by atoms with Gasteiger partial charge in [-0.2, -0.15) is 0 Å². The van der Waals surface area contributed by atoms with Crippen LogP contribution in [0, 0.1) is 7.14 Å². The van der Waals surface area contributed by atoms with E-state index in [1.54, 1.807) is 12.1 Å². The van der Waals surface area contributed by atoms with Crippen molar-refractivity contribution in [2.75, 3.05) is 0 Å². The van der Waals surface area contributed by atoms with Gasteiger partial charge in [0.05, 0.1) is 4.90 Å². The lowest BCUT2D eigenvalue weighted by Crippen LogP contribution is -3.61. The Bertz CT molecular complexity index is 1160. The second kappa shape index (κ2) is 15.3. The highest BCUT2D eigenvalue weighted by atomic mass is 127. The second-order valence-electron chi connectivity index (χ2n) is 12.2. The average molecular weight is 663 g/mol. The number of aryl methyl sites for hydroxylation is 1. The van der Waals surface area contributed by atoms with Gasteiger partial charge >= 0.3 is 21.2 Å². The summed E-state index contributed by atoms with van der Waals surface area (Å²) in [6, 6.07) is 24.7. The molecule has 214 valence electrons. The Morgan fingerprint density at radius 1 is 0.615 bits per heavy atom. The zero-order valence-corrected chi connectivity index (χ0v) is 27.9. The number of rotatable bonds is 10. The lowest BCUT2D eigenvalue weighted by Gasteiger charge is -2.18. The first-order valence-electron chi connectivity index (χ1n) is 14.1. The molecule has 0 saturated heterocycles. The van der Waals surface area contributed by atoms with Crippen molar-refractivity contribution in [2.45, 2.75) is 109 Å². The summed E-state index contributed by atoms with van der Waals surface area (Å²) in [6.45, 7) is 15.8. The third-order valence-corrected chi connectivity index (χ3v) is 10.2. The van der Waals surface area contributed by atoms with E-state index in [9.17, 15) is 13.0 Å². The average Bonchev–Trinajstić information content (AvgIpc) is 2.86. The molecule has 0 atom stereocenters. The quantitative estimate of drug-likeness (QED) is 0.154. The minimum Gasteiger partial charge on any atom is -0.744 e. The molecule has 0 N–H and O–H groups in total. The van der Waals surface area contributed by atoms with E-state index in [0.717, 1.165) is 18.4 Å². The molecule has 3 nitrogen and oxygen atoms in total. The van der Waals surface area contributed by atoms with Crippen LogP contribution in [0.4, 0.5) is 0 Å². The van der Waals surface area contributed by atoms with Crippen molar-refractivity contribution in [2.24, 2.45) is 0 Å². The van der Waals surface area contributed by atoms with E-state index in [4.69, 9.17) is 0 Å². The number of hydrogen-bond acceptors (Lipinski definition) is 3. The van der Waals surface area contributed by atoms with Gasteiger partial charge in [-0.1, -0.05) is 117 Å². The minimum absolute atomic E-state index is 0.0703. The Kier molecular flexibility index (Phi) is 13.2. The van der Waals surface area contributed by atoms with Crippen LogP contribution in [0.2, 0.25) is 0 Å². The molecule has 0 spiro atoms. The molecule has 0 unspecified atom stereocenters. The van der Waals surface area contributed by atoms with Gasteiger partial charge in [0, 0.05) is 0 Å². The maximum absolute atomic E-state index is 10.7. The molecule has 0 radical (unpaired) electrons. The zero-order valence-electron chi connectivity index (χ0n) is 24.9. The maximum atomic E-state index is 10.7. The standard InChI is InChI=1S/C20H26I.C14H22O3S/c1-19(2,3)15-7-11-17(12-8-15)21-18-13-9-16(10-14-18)20(4,5)6;1-2-3-4-5-6-7-8-13-9-11-14(12-10-13)18(15,16)17/h7-14H,1-6H3;9-12H,2-8H2,1H3,(H,15,16,17)/q+1;/p-1. The van der Waals surface area contributed by atoms with Crippen LogP contribution >= 0.6 is 0 Å². The molecule has 0 aliphatic heterocycles. The molecule has 0 aliphatic rings. The molecule has 5 heteroatoms. The Balaban J connectivity index is 0.000000277. The van der Waals surface area contributed by atoms with Crippen molar-refractivity contribution in [3.63, 3.8) is 0 Å². The molecule has 0 bridgehead atoms. The lowest BCUT2D eigenvalue weighted by molar-refractivity contribution is -0.597. The van der Waals surface area contributed by atoms with Crippen LogP contribution < -0.4 is 21.2 Å². The van der Waals surface area contributed by atoms with E-state index in [1.807, 2.05) is 0 Å². The van der Waals surface area contributed by atoms with Crippen molar-refractivity contribution in [3.05, 3.63) is 96.6 Å². The summed E-state index contributed by atoms with van der Waals surface area (Å²) in [4.78, 5) is -0.144. The molecule has 3 rings (SSSR count). The fraction of sp³-hybridized carbons (Fsp3) is 0.471. The van der Waals surface area contributed by atoms with Crippen molar-refractivity contribution < 1.29 is 34.2 Å².